The van der Waals surface area contributed by atoms with Crippen molar-refractivity contribution in [3.63, 3.8) is 0 Å². The molecular formula is C30H37N5O2S2. The number of piperazine rings is 1. The first-order valence-corrected chi connectivity index (χ1v) is 15.1. The lowest BCUT2D eigenvalue weighted by atomic mass is 10.0. The number of benzene rings is 1. The number of pyridine rings is 1. The first kappa shape index (κ1) is 29.1. The molecule has 2 aromatic rings. The predicted molar refractivity (Wildman–Crippen MR) is 164 cm³/mol. The molecule has 2 aliphatic rings. The van der Waals surface area contributed by atoms with Gasteiger partial charge in [-0.25, -0.2) is 0 Å². The number of nitriles is 1. The van der Waals surface area contributed by atoms with Gasteiger partial charge < -0.3 is 4.90 Å². The highest BCUT2D eigenvalue weighted by Gasteiger charge is 2.33. The molecule has 1 amide bonds. The summed E-state index contributed by atoms with van der Waals surface area (Å²) in [7, 11) is 0. The third kappa shape index (κ3) is 6.46. The Bertz CT molecular complexity index is 1340. The molecule has 4 rings (SSSR count). The number of nitrogens with zero attached hydrogens (tertiary/aromatic N) is 5. The van der Waals surface area contributed by atoms with E-state index >= 15 is 0 Å². The molecule has 2 aliphatic heterocycles. The number of thiocarbonyl (C=S) groups is 1. The Hall–Kier alpha value is -2.93. The van der Waals surface area contributed by atoms with Crippen molar-refractivity contribution in [1.29, 1.82) is 5.26 Å². The largest absolute Gasteiger partial charge is 0.355 e. The summed E-state index contributed by atoms with van der Waals surface area (Å²) in [5.41, 5.74) is 2.51. The van der Waals surface area contributed by atoms with Crippen molar-refractivity contribution in [2.24, 2.45) is 0 Å². The van der Waals surface area contributed by atoms with Crippen LogP contribution in [-0.4, -0.2) is 57.3 Å². The van der Waals surface area contributed by atoms with E-state index in [4.69, 9.17) is 12.2 Å². The molecule has 0 bridgehead atoms. The van der Waals surface area contributed by atoms with Crippen LogP contribution in [0.15, 0.2) is 40.0 Å². The second-order valence-electron chi connectivity index (χ2n) is 10.0. The molecule has 0 spiro atoms. The molecule has 0 unspecified atom stereocenters. The lowest BCUT2D eigenvalue weighted by Crippen LogP contribution is -2.48. The number of anilines is 1. The van der Waals surface area contributed by atoms with Crippen LogP contribution < -0.4 is 10.5 Å². The van der Waals surface area contributed by atoms with Crippen LogP contribution in [0, 0.1) is 18.3 Å². The maximum absolute atomic E-state index is 13.4. The fraction of sp³-hybridized carbons (Fsp3) is 0.467. The Morgan fingerprint density at radius 3 is 2.41 bits per heavy atom. The average Bonchev–Trinajstić information content (AvgIpc) is 3.21. The Morgan fingerprint density at radius 2 is 1.77 bits per heavy atom. The van der Waals surface area contributed by atoms with Crippen molar-refractivity contribution >= 4 is 46.1 Å². The van der Waals surface area contributed by atoms with E-state index < -0.39 is 0 Å². The molecule has 0 atom stereocenters. The van der Waals surface area contributed by atoms with Crippen LogP contribution >= 0.6 is 24.0 Å². The quantitative estimate of drug-likeness (QED) is 0.225. The molecule has 7 nitrogen and oxygen atoms in total. The van der Waals surface area contributed by atoms with Gasteiger partial charge in [-0.1, -0.05) is 80.5 Å². The van der Waals surface area contributed by atoms with Crippen LogP contribution in [0.5, 0.6) is 0 Å². The van der Waals surface area contributed by atoms with Crippen molar-refractivity contribution in [2.75, 3.05) is 37.6 Å². The summed E-state index contributed by atoms with van der Waals surface area (Å²) in [4.78, 5) is 33.6. The molecule has 0 radical (unpaired) electrons. The van der Waals surface area contributed by atoms with Crippen LogP contribution in [0.3, 0.4) is 0 Å². The van der Waals surface area contributed by atoms with E-state index in [-0.39, 0.29) is 17.0 Å². The second-order valence-corrected chi connectivity index (χ2v) is 11.7. The lowest BCUT2D eigenvalue weighted by molar-refractivity contribution is -0.122. The maximum Gasteiger partial charge on any atom is 0.270 e. The first-order chi connectivity index (χ1) is 18.9. The molecule has 3 heterocycles. The monoisotopic (exact) mass is 563 g/mol. The molecular weight excluding hydrogens is 526 g/mol. The summed E-state index contributed by atoms with van der Waals surface area (Å²) in [5, 5.41) is 9.85. The van der Waals surface area contributed by atoms with Gasteiger partial charge in [-0.05, 0) is 37.5 Å². The highest BCUT2D eigenvalue weighted by Crippen LogP contribution is 2.36. The normalized spacial score (nSPS) is 17.3. The third-order valence-corrected chi connectivity index (χ3v) is 8.85. The topological polar surface area (TPSA) is 72.6 Å². The number of thioether (sulfide) groups is 1. The smallest absolute Gasteiger partial charge is 0.270 e. The van der Waals surface area contributed by atoms with E-state index in [9.17, 15) is 14.9 Å². The minimum atomic E-state index is -0.278. The fourth-order valence-electron chi connectivity index (χ4n) is 5.26. The van der Waals surface area contributed by atoms with Crippen LogP contribution in [0.25, 0.3) is 6.08 Å². The number of rotatable bonds is 10. The van der Waals surface area contributed by atoms with Crippen molar-refractivity contribution in [1.82, 2.24) is 14.4 Å². The zero-order chi connectivity index (χ0) is 27.9. The Morgan fingerprint density at radius 1 is 1.05 bits per heavy atom. The number of hydrogen-bond acceptors (Lipinski definition) is 7. The fourth-order valence-corrected chi connectivity index (χ4v) is 6.55. The molecule has 0 saturated carbocycles. The van der Waals surface area contributed by atoms with Gasteiger partial charge in [-0.15, -0.1) is 0 Å². The van der Waals surface area contributed by atoms with Gasteiger partial charge in [0.25, 0.3) is 11.5 Å². The summed E-state index contributed by atoms with van der Waals surface area (Å²) < 4.78 is 2.26. The summed E-state index contributed by atoms with van der Waals surface area (Å²) in [5.74, 6) is 0.693. The molecule has 1 aromatic heterocycles. The molecule has 0 N–H and O–H groups in total. The minimum absolute atomic E-state index is 0.0905. The van der Waals surface area contributed by atoms with Gasteiger partial charge in [-0.3, -0.25) is 24.0 Å². The van der Waals surface area contributed by atoms with Gasteiger partial charge >= 0.3 is 0 Å². The first-order valence-electron chi connectivity index (χ1n) is 13.8. The number of hydrogen-bond donors (Lipinski definition) is 0. The molecule has 9 heteroatoms. The van der Waals surface area contributed by atoms with Crippen LogP contribution in [0.1, 0.15) is 61.8 Å². The van der Waals surface area contributed by atoms with Gasteiger partial charge in [0.05, 0.1) is 4.91 Å². The molecule has 206 valence electrons. The van der Waals surface area contributed by atoms with E-state index in [1.165, 1.54) is 17.3 Å². The SMILES string of the molecule is CCCCCCN1C(=O)C(=Cc2c(C)c(C#N)c(=O)n(CC)c2N2CCN(Cc3ccccc3)CC2)SC1=S. The van der Waals surface area contributed by atoms with Gasteiger partial charge in [0.1, 0.15) is 21.8 Å². The van der Waals surface area contributed by atoms with Crippen LogP contribution in [-0.2, 0) is 17.9 Å². The number of amides is 1. The number of carbonyl (C=O) groups is 1. The predicted octanol–water partition coefficient (Wildman–Crippen LogP) is 5.15. The van der Waals surface area contributed by atoms with E-state index in [0.717, 1.165) is 69.8 Å². The van der Waals surface area contributed by atoms with Crippen molar-refractivity contribution in [3.8, 4) is 6.07 Å². The van der Waals surface area contributed by atoms with Crippen molar-refractivity contribution in [3.05, 3.63) is 67.8 Å². The lowest BCUT2D eigenvalue weighted by Gasteiger charge is -2.38. The number of carbonyl (C=O) groups excluding carboxylic acids is 1. The Kier molecular flexibility index (Phi) is 10.0. The third-order valence-electron chi connectivity index (χ3n) is 7.47. The molecule has 1 aromatic carbocycles. The number of unbranched alkanes of at least 4 members (excludes halogenated alkanes) is 3. The highest BCUT2D eigenvalue weighted by atomic mass is 32.2. The minimum Gasteiger partial charge on any atom is -0.355 e. The Labute approximate surface area is 241 Å². The van der Waals surface area contributed by atoms with E-state index in [1.54, 1.807) is 9.47 Å². The second kappa shape index (κ2) is 13.4. The average molecular weight is 564 g/mol. The van der Waals surface area contributed by atoms with Crippen molar-refractivity contribution in [2.45, 2.75) is 59.5 Å². The zero-order valence-electron chi connectivity index (χ0n) is 23.1. The van der Waals surface area contributed by atoms with Crippen LogP contribution in [0.2, 0.25) is 0 Å². The molecule has 39 heavy (non-hydrogen) atoms. The molecule has 2 fully saturated rings. The van der Waals surface area contributed by atoms with Crippen LogP contribution in [0.4, 0.5) is 5.82 Å². The summed E-state index contributed by atoms with van der Waals surface area (Å²) in [6, 6.07) is 12.6. The van der Waals surface area contributed by atoms with Gasteiger partial charge in [-0.2, -0.15) is 5.26 Å². The van der Waals surface area contributed by atoms with E-state index in [2.05, 4.69) is 47.1 Å². The maximum atomic E-state index is 13.4. The highest BCUT2D eigenvalue weighted by molar-refractivity contribution is 8.26. The van der Waals surface area contributed by atoms with E-state index in [0.29, 0.717) is 27.9 Å². The number of aromatic nitrogens is 1. The standard InChI is InChI=1S/C30H37N5O2S2/c1-4-6-7-11-14-35-29(37)26(39-30(35)38)19-24-22(3)25(20-31)28(36)34(5-2)27(24)33-17-15-32(16-18-33)21-23-12-9-8-10-13-23/h8-10,12-13,19H,4-7,11,14-18,21H2,1-3H3. The molecule has 2 saturated heterocycles. The van der Waals surface area contributed by atoms with Crippen molar-refractivity contribution < 1.29 is 4.79 Å². The van der Waals surface area contributed by atoms with Gasteiger partial charge in [0, 0.05) is 51.4 Å². The van der Waals surface area contributed by atoms with E-state index in [1.807, 2.05) is 26.0 Å². The van der Waals surface area contributed by atoms with Gasteiger partial charge in [0.15, 0.2) is 0 Å². The summed E-state index contributed by atoms with van der Waals surface area (Å²) in [6.07, 6.45) is 6.12. The zero-order valence-corrected chi connectivity index (χ0v) is 24.7. The van der Waals surface area contributed by atoms with Gasteiger partial charge in [0.2, 0.25) is 0 Å². The molecule has 0 aliphatic carbocycles. The Balaban J connectivity index is 1.65. The summed E-state index contributed by atoms with van der Waals surface area (Å²) >= 11 is 6.88. The summed E-state index contributed by atoms with van der Waals surface area (Å²) in [6.45, 7) is 11.0.